The van der Waals surface area contributed by atoms with E-state index in [1.54, 1.807) is 0 Å². The van der Waals surface area contributed by atoms with Gasteiger partial charge in [0, 0.05) is 17.8 Å². The first kappa shape index (κ1) is 12.0. The second-order valence-electron chi connectivity index (χ2n) is 4.83. The fraction of sp³-hybridized carbons (Fsp3) is 0.571. The van der Waals surface area contributed by atoms with E-state index in [0.29, 0.717) is 10.7 Å². The van der Waals surface area contributed by atoms with Crippen LogP contribution in [0.2, 0.25) is 0 Å². The summed E-state index contributed by atoms with van der Waals surface area (Å²) in [6.45, 7) is 4.55. The molecule has 0 amide bonds. The zero-order chi connectivity index (χ0) is 11.4. The van der Waals surface area contributed by atoms with Crippen LogP contribution in [0, 0.1) is 0 Å². The molecule has 0 radical (unpaired) electrons. The Morgan fingerprint density at radius 2 is 2.00 bits per heavy atom. The normalized spacial score (nSPS) is 19.4. The van der Waals surface area contributed by atoms with Crippen LogP contribution in [0.3, 0.4) is 0 Å². The Labute approximate surface area is 103 Å². The number of hydrogen-bond donors (Lipinski definition) is 1. The maximum atomic E-state index is 3.62. The lowest BCUT2D eigenvalue weighted by Crippen LogP contribution is -2.29. The molecule has 0 aromatic heterocycles. The molecule has 1 unspecified atom stereocenters. The van der Waals surface area contributed by atoms with Gasteiger partial charge in [0.15, 0.2) is 0 Å². The molecule has 0 bridgehead atoms. The van der Waals surface area contributed by atoms with Crippen LogP contribution in [0.25, 0.3) is 0 Å². The molecule has 1 aliphatic carbocycles. The highest BCUT2D eigenvalue weighted by Crippen LogP contribution is 2.46. The second kappa shape index (κ2) is 5.24. The highest BCUT2D eigenvalue weighted by Gasteiger charge is 2.41. The molecule has 1 aromatic rings. The minimum Gasteiger partial charge on any atom is -0.315 e. The van der Waals surface area contributed by atoms with Gasteiger partial charge >= 0.3 is 0 Å². The molecule has 2 rings (SSSR count). The first-order valence-electron chi connectivity index (χ1n) is 6.07. The van der Waals surface area contributed by atoms with Crippen LogP contribution in [0.4, 0.5) is 0 Å². The lowest BCUT2D eigenvalue weighted by molar-refractivity contribution is 0.602. The molecule has 0 spiro atoms. The molecule has 88 valence electrons. The number of thioether (sulfide) groups is 1. The molecule has 1 N–H and O–H groups in total. The summed E-state index contributed by atoms with van der Waals surface area (Å²) in [7, 11) is 0. The van der Waals surface area contributed by atoms with E-state index in [-0.39, 0.29) is 0 Å². The van der Waals surface area contributed by atoms with Crippen molar-refractivity contribution in [1.82, 2.24) is 5.32 Å². The summed E-state index contributed by atoms with van der Waals surface area (Å²) in [4.78, 5) is 0. The third kappa shape index (κ3) is 3.02. The largest absolute Gasteiger partial charge is 0.315 e. The lowest BCUT2D eigenvalue weighted by Gasteiger charge is -2.16. The van der Waals surface area contributed by atoms with Crippen LogP contribution in [0.15, 0.2) is 30.3 Å². The van der Waals surface area contributed by atoms with Crippen molar-refractivity contribution in [3.63, 3.8) is 0 Å². The summed E-state index contributed by atoms with van der Waals surface area (Å²) >= 11 is 2.02. The topological polar surface area (TPSA) is 12.0 Å². The molecular weight excluding hydrogens is 214 g/mol. The van der Waals surface area contributed by atoms with Crippen molar-refractivity contribution < 1.29 is 0 Å². The third-order valence-electron chi connectivity index (χ3n) is 3.51. The number of rotatable bonds is 6. The Balaban J connectivity index is 1.74. The minimum absolute atomic E-state index is 0.580. The van der Waals surface area contributed by atoms with Crippen LogP contribution >= 0.6 is 11.8 Å². The van der Waals surface area contributed by atoms with Gasteiger partial charge < -0.3 is 5.32 Å². The molecule has 1 fully saturated rings. The van der Waals surface area contributed by atoms with E-state index >= 15 is 0 Å². The van der Waals surface area contributed by atoms with E-state index in [1.165, 1.54) is 24.9 Å². The molecule has 1 aromatic carbocycles. The van der Waals surface area contributed by atoms with E-state index in [4.69, 9.17) is 0 Å². The molecule has 1 saturated carbocycles. The van der Waals surface area contributed by atoms with Crippen LogP contribution in [-0.2, 0) is 0 Å². The highest BCUT2D eigenvalue weighted by atomic mass is 32.2. The Bertz CT molecular complexity index is 319. The van der Waals surface area contributed by atoms with Gasteiger partial charge in [-0.1, -0.05) is 37.3 Å². The summed E-state index contributed by atoms with van der Waals surface area (Å²) in [5.41, 5.74) is 1.43. The summed E-state index contributed by atoms with van der Waals surface area (Å²) in [6, 6.07) is 10.8. The maximum absolute atomic E-state index is 3.62. The van der Waals surface area contributed by atoms with Gasteiger partial charge in [-0.2, -0.15) is 11.8 Å². The van der Waals surface area contributed by atoms with E-state index in [2.05, 4.69) is 48.8 Å². The summed E-state index contributed by atoms with van der Waals surface area (Å²) in [5, 5.41) is 3.62. The molecule has 0 aliphatic heterocycles. The fourth-order valence-corrected chi connectivity index (χ4v) is 2.77. The first-order valence-corrected chi connectivity index (χ1v) is 7.29. The SMILES string of the molecule is CSC1(CNCC(C)c2ccccc2)CC1. The Kier molecular flexibility index (Phi) is 3.93. The van der Waals surface area contributed by atoms with Crippen LogP contribution in [0.5, 0.6) is 0 Å². The van der Waals surface area contributed by atoms with Crippen molar-refractivity contribution in [1.29, 1.82) is 0 Å². The van der Waals surface area contributed by atoms with E-state index in [9.17, 15) is 0 Å². The van der Waals surface area contributed by atoms with Gasteiger partial charge in [-0.05, 0) is 30.6 Å². The summed E-state index contributed by atoms with van der Waals surface area (Å²) in [5.74, 6) is 0.610. The Morgan fingerprint density at radius 3 is 2.56 bits per heavy atom. The summed E-state index contributed by atoms with van der Waals surface area (Å²) in [6.07, 6.45) is 5.01. The van der Waals surface area contributed by atoms with Crippen LogP contribution in [0.1, 0.15) is 31.2 Å². The van der Waals surface area contributed by atoms with Gasteiger partial charge in [-0.3, -0.25) is 0 Å². The van der Waals surface area contributed by atoms with E-state index < -0.39 is 0 Å². The monoisotopic (exact) mass is 235 g/mol. The van der Waals surface area contributed by atoms with Gasteiger partial charge in [-0.25, -0.2) is 0 Å². The third-order valence-corrected chi connectivity index (χ3v) is 4.93. The Hall–Kier alpha value is -0.470. The second-order valence-corrected chi connectivity index (χ2v) is 6.10. The van der Waals surface area contributed by atoms with Gasteiger partial charge in [0.2, 0.25) is 0 Å². The number of nitrogens with one attached hydrogen (secondary N) is 1. The van der Waals surface area contributed by atoms with Gasteiger partial charge in [0.1, 0.15) is 0 Å². The molecule has 16 heavy (non-hydrogen) atoms. The predicted octanol–water partition coefficient (Wildman–Crippen LogP) is 3.28. The van der Waals surface area contributed by atoms with Crippen LogP contribution < -0.4 is 5.32 Å². The number of benzene rings is 1. The zero-order valence-electron chi connectivity index (χ0n) is 10.2. The van der Waals surface area contributed by atoms with Gasteiger partial charge in [-0.15, -0.1) is 0 Å². The van der Waals surface area contributed by atoms with Crippen molar-refractivity contribution in [2.45, 2.75) is 30.4 Å². The maximum Gasteiger partial charge on any atom is 0.0282 e. The molecule has 0 saturated heterocycles. The molecule has 0 heterocycles. The molecule has 1 nitrogen and oxygen atoms in total. The average Bonchev–Trinajstić information content (AvgIpc) is 3.11. The fourth-order valence-electron chi connectivity index (χ4n) is 2.01. The first-order chi connectivity index (χ1) is 7.76. The smallest absolute Gasteiger partial charge is 0.0282 e. The van der Waals surface area contributed by atoms with Crippen molar-refractivity contribution in [3.05, 3.63) is 35.9 Å². The average molecular weight is 235 g/mol. The molecule has 1 atom stereocenters. The number of hydrogen-bond acceptors (Lipinski definition) is 2. The van der Waals surface area contributed by atoms with Crippen LogP contribution in [-0.4, -0.2) is 24.1 Å². The van der Waals surface area contributed by atoms with Gasteiger partial charge in [0.25, 0.3) is 0 Å². The van der Waals surface area contributed by atoms with Crippen molar-refractivity contribution >= 4 is 11.8 Å². The minimum atomic E-state index is 0.580. The molecular formula is C14H21NS. The van der Waals surface area contributed by atoms with E-state index in [0.717, 1.165) is 6.54 Å². The van der Waals surface area contributed by atoms with Crippen molar-refractivity contribution in [3.8, 4) is 0 Å². The highest BCUT2D eigenvalue weighted by molar-refractivity contribution is 8.00. The zero-order valence-corrected chi connectivity index (χ0v) is 11.0. The predicted molar refractivity (Wildman–Crippen MR) is 73.2 cm³/mol. The van der Waals surface area contributed by atoms with Gasteiger partial charge in [0.05, 0.1) is 0 Å². The Morgan fingerprint density at radius 1 is 1.31 bits per heavy atom. The molecule has 1 aliphatic rings. The molecule has 2 heteroatoms. The van der Waals surface area contributed by atoms with Crippen molar-refractivity contribution in [2.75, 3.05) is 19.3 Å². The van der Waals surface area contributed by atoms with Crippen molar-refractivity contribution in [2.24, 2.45) is 0 Å². The van der Waals surface area contributed by atoms with E-state index in [1.807, 2.05) is 11.8 Å². The quantitative estimate of drug-likeness (QED) is 0.812. The standard InChI is InChI=1S/C14H21NS/c1-12(13-6-4-3-5-7-13)10-15-11-14(16-2)8-9-14/h3-7,12,15H,8-11H2,1-2H3. The lowest BCUT2D eigenvalue weighted by atomic mass is 10.0. The summed E-state index contributed by atoms with van der Waals surface area (Å²) < 4.78 is 0.580.